The lowest BCUT2D eigenvalue weighted by molar-refractivity contribution is -0.144. The normalized spacial score (nSPS) is 27.7. The van der Waals surface area contributed by atoms with E-state index in [2.05, 4.69) is 0 Å². The van der Waals surface area contributed by atoms with Gasteiger partial charge in [0.2, 0.25) is 0 Å². The van der Waals surface area contributed by atoms with E-state index in [9.17, 15) is 14.7 Å². The van der Waals surface area contributed by atoms with Crippen LogP contribution in [0.15, 0.2) is 0 Å². The molecule has 0 bridgehead atoms. The van der Waals surface area contributed by atoms with E-state index in [0.29, 0.717) is 12.5 Å². The van der Waals surface area contributed by atoms with Crippen molar-refractivity contribution in [1.82, 2.24) is 4.90 Å². The first-order valence-electron chi connectivity index (χ1n) is 8.02. The summed E-state index contributed by atoms with van der Waals surface area (Å²) in [6.45, 7) is 5.90. The number of aliphatic carboxylic acids is 1. The molecule has 0 aromatic carbocycles. The first-order valence-corrected chi connectivity index (χ1v) is 8.02. The maximum atomic E-state index is 12.2. The number of rotatable bonds is 2. The summed E-state index contributed by atoms with van der Waals surface area (Å²) in [5.41, 5.74) is -0.594. The van der Waals surface area contributed by atoms with Crippen LogP contribution in [0.5, 0.6) is 0 Å². The van der Waals surface area contributed by atoms with Gasteiger partial charge >= 0.3 is 12.1 Å². The highest BCUT2D eigenvalue weighted by Gasteiger charge is 2.46. The van der Waals surface area contributed by atoms with Crippen LogP contribution in [-0.2, 0) is 9.53 Å². The van der Waals surface area contributed by atoms with Crippen LogP contribution in [0.3, 0.4) is 0 Å². The number of hydrogen-bond donors (Lipinski definition) is 1. The Morgan fingerprint density at radius 3 is 2.24 bits per heavy atom. The average Bonchev–Trinajstić information content (AvgIpc) is 2.82. The van der Waals surface area contributed by atoms with Crippen molar-refractivity contribution in [1.29, 1.82) is 0 Å². The molecule has 1 aliphatic carbocycles. The first-order chi connectivity index (χ1) is 9.79. The highest BCUT2D eigenvalue weighted by molar-refractivity contribution is 5.81. The zero-order valence-corrected chi connectivity index (χ0v) is 13.3. The SMILES string of the molecule is CC(C)(C)OC(=O)N1CCC(C2CCCCC2)[C@H]1C(=O)O. The lowest BCUT2D eigenvalue weighted by atomic mass is 9.76. The number of ether oxygens (including phenoxy) is 1. The molecule has 1 heterocycles. The zero-order chi connectivity index (χ0) is 15.6. The van der Waals surface area contributed by atoms with Crippen molar-refractivity contribution < 1.29 is 19.4 Å². The fourth-order valence-electron chi connectivity index (χ4n) is 3.71. The molecule has 1 saturated carbocycles. The molecule has 120 valence electrons. The third kappa shape index (κ3) is 3.89. The number of carboxylic acid groups (broad SMARTS) is 1. The molecule has 0 aromatic heterocycles. The standard InChI is InChI=1S/C16H27NO4/c1-16(2,3)21-15(20)17-10-9-12(13(17)14(18)19)11-7-5-4-6-8-11/h11-13H,4-10H2,1-3H3,(H,18,19)/t12?,13-/m0/s1. The predicted molar refractivity (Wildman–Crippen MR) is 79.0 cm³/mol. The summed E-state index contributed by atoms with van der Waals surface area (Å²) in [4.78, 5) is 25.4. The number of likely N-dealkylation sites (tertiary alicyclic amines) is 1. The van der Waals surface area contributed by atoms with Crippen molar-refractivity contribution in [2.75, 3.05) is 6.54 Å². The molecular formula is C16H27NO4. The summed E-state index contributed by atoms with van der Waals surface area (Å²) < 4.78 is 5.36. The molecule has 1 amide bonds. The van der Waals surface area contributed by atoms with Crippen LogP contribution >= 0.6 is 0 Å². The number of hydrogen-bond acceptors (Lipinski definition) is 3. The molecule has 0 radical (unpaired) electrons. The van der Waals surface area contributed by atoms with Gasteiger partial charge in [0.1, 0.15) is 11.6 Å². The minimum absolute atomic E-state index is 0.0790. The Labute approximate surface area is 126 Å². The van der Waals surface area contributed by atoms with Gasteiger partial charge in [-0.3, -0.25) is 4.90 Å². The Morgan fingerprint density at radius 2 is 1.71 bits per heavy atom. The Balaban J connectivity index is 2.09. The highest BCUT2D eigenvalue weighted by atomic mass is 16.6. The van der Waals surface area contributed by atoms with Gasteiger partial charge in [-0.05, 0) is 39.0 Å². The molecule has 0 spiro atoms. The van der Waals surface area contributed by atoms with Crippen LogP contribution in [0, 0.1) is 11.8 Å². The van der Waals surface area contributed by atoms with Gasteiger partial charge in [0.25, 0.3) is 0 Å². The fourth-order valence-corrected chi connectivity index (χ4v) is 3.71. The second-order valence-electron chi connectivity index (χ2n) is 7.31. The fraction of sp³-hybridized carbons (Fsp3) is 0.875. The van der Waals surface area contributed by atoms with Crippen LogP contribution in [-0.4, -0.2) is 40.3 Å². The van der Waals surface area contributed by atoms with Gasteiger partial charge in [-0.25, -0.2) is 9.59 Å². The van der Waals surface area contributed by atoms with E-state index in [0.717, 1.165) is 19.3 Å². The van der Waals surface area contributed by atoms with E-state index in [4.69, 9.17) is 4.74 Å². The Morgan fingerprint density at radius 1 is 1.10 bits per heavy atom. The highest BCUT2D eigenvalue weighted by Crippen LogP contribution is 2.39. The lowest BCUT2D eigenvalue weighted by Crippen LogP contribution is -2.46. The minimum Gasteiger partial charge on any atom is -0.480 e. The topological polar surface area (TPSA) is 66.8 Å². The van der Waals surface area contributed by atoms with Gasteiger partial charge in [-0.1, -0.05) is 32.1 Å². The number of amides is 1. The summed E-state index contributed by atoms with van der Waals surface area (Å²) in [7, 11) is 0. The van der Waals surface area contributed by atoms with E-state index < -0.39 is 23.7 Å². The molecule has 1 unspecified atom stereocenters. The van der Waals surface area contributed by atoms with E-state index in [1.807, 2.05) is 0 Å². The second kappa shape index (κ2) is 6.24. The van der Waals surface area contributed by atoms with Gasteiger partial charge in [0.15, 0.2) is 0 Å². The number of nitrogens with zero attached hydrogens (tertiary/aromatic N) is 1. The van der Waals surface area contributed by atoms with Crippen molar-refractivity contribution in [2.24, 2.45) is 11.8 Å². The van der Waals surface area contributed by atoms with Crippen LogP contribution in [0.25, 0.3) is 0 Å². The Kier molecular flexibility index (Phi) is 4.79. The monoisotopic (exact) mass is 297 g/mol. The summed E-state index contributed by atoms with van der Waals surface area (Å²) >= 11 is 0. The van der Waals surface area contributed by atoms with Gasteiger partial charge in [-0.2, -0.15) is 0 Å². The minimum atomic E-state index is -0.895. The molecule has 21 heavy (non-hydrogen) atoms. The third-order valence-electron chi connectivity index (χ3n) is 4.58. The molecule has 5 heteroatoms. The van der Waals surface area contributed by atoms with E-state index in [1.165, 1.54) is 24.2 Å². The maximum absolute atomic E-state index is 12.2. The Hall–Kier alpha value is -1.26. The molecule has 1 saturated heterocycles. The third-order valence-corrected chi connectivity index (χ3v) is 4.58. The molecule has 5 nitrogen and oxygen atoms in total. The maximum Gasteiger partial charge on any atom is 0.411 e. The molecule has 0 aromatic rings. The van der Waals surface area contributed by atoms with E-state index in [-0.39, 0.29) is 5.92 Å². The van der Waals surface area contributed by atoms with E-state index in [1.54, 1.807) is 20.8 Å². The van der Waals surface area contributed by atoms with Gasteiger partial charge in [0, 0.05) is 6.54 Å². The van der Waals surface area contributed by atoms with Crippen molar-refractivity contribution in [3.05, 3.63) is 0 Å². The van der Waals surface area contributed by atoms with Gasteiger partial charge in [0.05, 0.1) is 0 Å². The number of carbonyl (C=O) groups is 2. The summed E-state index contributed by atoms with van der Waals surface area (Å²) in [5, 5.41) is 9.58. The average molecular weight is 297 g/mol. The van der Waals surface area contributed by atoms with Crippen LogP contribution in [0.4, 0.5) is 4.79 Å². The molecule has 2 fully saturated rings. The van der Waals surface area contributed by atoms with Crippen molar-refractivity contribution in [3.63, 3.8) is 0 Å². The van der Waals surface area contributed by atoms with Crippen molar-refractivity contribution >= 4 is 12.1 Å². The van der Waals surface area contributed by atoms with E-state index >= 15 is 0 Å². The largest absolute Gasteiger partial charge is 0.480 e. The zero-order valence-electron chi connectivity index (χ0n) is 13.3. The molecule has 2 rings (SSSR count). The molecule has 1 N–H and O–H groups in total. The van der Waals surface area contributed by atoms with Gasteiger partial charge < -0.3 is 9.84 Å². The molecule has 1 aliphatic heterocycles. The smallest absolute Gasteiger partial charge is 0.411 e. The predicted octanol–water partition coefficient (Wildman–Crippen LogP) is 3.28. The summed E-state index contributed by atoms with van der Waals surface area (Å²) in [6.07, 6.45) is 6.08. The summed E-state index contributed by atoms with van der Waals surface area (Å²) in [5.74, 6) is -0.378. The quantitative estimate of drug-likeness (QED) is 0.849. The van der Waals surface area contributed by atoms with Crippen molar-refractivity contribution in [2.45, 2.75) is 70.9 Å². The first kappa shape index (κ1) is 16.1. The molecule has 2 aliphatic rings. The van der Waals surface area contributed by atoms with Gasteiger partial charge in [-0.15, -0.1) is 0 Å². The number of carbonyl (C=O) groups excluding carboxylic acids is 1. The Bertz CT molecular complexity index is 396. The van der Waals surface area contributed by atoms with Crippen LogP contribution in [0.2, 0.25) is 0 Å². The molecule has 2 atom stereocenters. The summed E-state index contributed by atoms with van der Waals surface area (Å²) in [6, 6.07) is -0.719. The molecular weight excluding hydrogens is 270 g/mol. The second-order valence-corrected chi connectivity index (χ2v) is 7.31. The number of carboxylic acids is 1. The van der Waals surface area contributed by atoms with Crippen LogP contribution < -0.4 is 0 Å². The van der Waals surface area contributed by atoms with Crippen molar-refractivity contribution in [3.8, 4) is 0 Å². The lowest BCUT2D eigenvalue weighted by Gasteiger charge is -2.32. The van der Waals surface area contributed by atoms with Crippen LogP contribution in [0.1, 0.15) is 59.3 Å².